The van der Waals surface area contributed by atoms with Crippen molar-refractivity contribution in [3.8, 4) is 0 Å². The molecule has 0 spiro atoms. The molecule has 29 heavy (non-hydrogen) atoms. The first-order valence-corrected chi connectivity index (χ1v) is 11.0. The minimum Gasteiger partial charge on any atom is -0.355 e. The summed E-state index contributed by atoms with van der Waals surface area (Å²) in [5.74, 6) is 0.769. The summed E-state index contributed by atoms with van der Waals surface area (Å²) in [5.41, 5.74) is 10.6. The molecule has 1 saturated carbocycles. The normalized spacial score (nSPS) is 17.0. The van der Waals surface area contributed by atoms with Crippen molar-refractivity contribution in [2.45, 2.75) is 51.4 Å². The smallest absolute Gasteiger partial charge is 0.0464 e. The first-order valence-electron chi connectivity index (χ1n) is 11.0. The number of para-hydroxylation sites is 1. The summed E-state index contributed by atoms with van der Waals surface area (Å²) in [4.78, 5) is 3.59. The molecule has 0 saturated heterocycles. The Labute approximate surface area is 173 Å². The van der Waals surface area contributed by atoms with Crippen molar-refractivity contribution in [1.82, 2.24) is 4.98 Å². The lowest BCUT2D eigenvalue weighted by Gasteiger charge is -2.16. The standard InChI is InChI=1S/C28H29N/c1-19-16-22(21-8-3-4-9-21)14-15-25(19)20(2)17-23-11-7-12-26(23)28-18-24-10-5-6-13-27(24)29-28/h5-6,10-16,18,21,29H,2-4,7-9,17H2,1H3. The molecule has 2 aromatic carbocycles. The second kappa shape index (κ2) is 7.55. The van der Waals surface area contributed by atoms with E-state index < -0.39 is 0 Å². The fraction of sp³-hybridized carbons (Fsp3) is 0.286. The number of aromatic amines is 1. The van der Waals surface area contributed by atoms with Crippen molar-refractivity contribution < 1.29 is 0 Å². The number of rotatable bonds is 5. The zero-order valence-corrected chi connectivity index (χ0v) is 17.3. The SMILES string of the molecule is C=C(CC1=CCC=C1c1cc2ccccc2[nH]1)c1ccc(C2CCCC2)cc1C. The molecule has 0 bridgehead atoms. The van der Waals surface area contributed by atoms with Crippen LogP contribution < -0.4 is 0 Å². The molecule has 5 rings (SSSR count). The lowest BCUT2D eigenvalue weighted by atomic mass is 9.89. The molecule has 146 valence electrons. The summed E-state index contributed by atoms with van der Waals surface area (Å²) in [6.45, 7) is 6.72. The lowest BCUT2D eigenvalue weighted by molar-refractivity contribution is 0.722. The third-order valence-corrected chi connectivity index (χ3v) is 6.71. The van der Waals surface area contributed by atoms with E-state index in [1.54, 1.807) is 0 Å². The number of nitrogens with one attached hydrogen (secondary N) is 1. The minimum atomic E-state index is 0.769. The number of aromatic nitrogens is 1. The Hall–Kier alpha value is -2.80. The van der Waals surface area contributed by atoms with Gasteiger partial charge < -0.3 is 4.98 Å². The van der Waals surface area contributed by atoms with E-state index in [1.165, 1.54) is 75.7 Å². The van der Waals surface area contributed by atoms with E-state index in [4.69, 9.17) is 0 Å². The van der Waals surface area contributed by atoms with Gasteiger partial charge in [-0.25, -0.2) is 0 Å². The van der Waals surface area contributed by atoms with Crippen LogP contribution in [0.15, 0.2) is 72.8 Å². The summed E-state index contributed by atoms with van der Waals surface area (Å²) in [6, 6.07) is 17.8. The van der Waals surface area contributed by atoms with E-state index in [0.29, 0.717) is 0 Å². The molecule has 1 N–H and O–H groups in total. The first kappa shape index (κ1) is 18.2. The number of hydrogen-bond acceptors (Lipinski definition) is 0. The molecule has 1 aromatic heterocycles. The number of benzene rings is 2. The molecular formula is C28H29N. The number of aryl methyl sites for hydroxylation is 1. The average Bonchev–Trinajstić information content (AvgIpc) is 3.47. The quantitative estimate of drug-likeness (QED) is 0.463. The first-order chi connectivity index (χ1) is 14.2. The Morgan fingerprint density at radius 3 is 2.66 bits per heavy atom. The Morgan fingerprint density at radius 2 is 1.86 bits per heavy atom. The van der Waals surface area contributed by atoms with E-state index in [-0.39, 0.29) is 0 Å². The number of fused-ring (bicyclic) bond motifs is 1. The molecule has 1 heteroatoms. The summed E-state index contributed by atoms with van der Waals surface area (Å²) >= 11 is 0. The van der Waals surface area contributed by atoms with Crippen molar-refractivity contribution in [3.05, 3.63) is 95.2 Å². The fourth-order valence-electron chi connectivity index (χ4n) is 5.15. The Morgan fingerprint density at radius 1 is 1.03 bits per heavy atom. The van der Waals surface area contributed by atoms with Crippen LogP contribution in [0.2, 0.25) is 0 Å². The summed E-state index contributed by atoms with van der Waals surface area (Å²) in [6.07, 6.45) is 12.1. The van der Waals surface area contributed by atoms with Crippen LogP contribution in [-0.2, 0) is 0 Å². The van der Waals surface area contributed by atoms with Gasteiger partial charge in [0.25, 0.3) is 0 Å². The Balaban J connectivity index is 1.35. The topological polar surface area (TPSA) is 15.8 Å². The maximum absolute atomic E-state index is 4.47. The van der Waals surface area contributed by atoms with Crippen LogP contribution in [0.25, 0.3) is 22.0 Å². The van der Waals surface area contributed by atoms with Crippen LogP contribution in [0.3, 0.4) is 0 Å². The van der Waals surface area contributed by atoms with Gasteiger partial charge in [0, 0.05) is 16.6 Å². The number of allylic oxidation sites excluding steroid dienone is 5. The van der Waals surface area contributed by atoms with Crippen molar-refractivity contribution in [3.63, 3.8) is 0 Å². The lowest BCUT2D eigenvalue weighted by Crippen LogP contribution is -1.97. The van der Waals surface area contributed by atoms with E-state index in [2.05, 4.69) is 79.2 Å². The minimum absolute atomic E-state index is 0.769. The summed E-state index contributed by atoms with van der Waals surface area (Å²) < 4.78 is 0. The monoisotopic (exact) mass is 379 g/mol. The van der Waals surface area contributed by atoms with Crippen LogP contribution >= 0.6 is 0 Å². The predicted molar refractivity (Wildman–Crippen MR) is 125 cm³/mol. The van der Waals surface area contributed by atoms with Gasteiger partial charge in [-0.2, -0.15) is 0 Å². The van der Waals surface area contributed by atoms with Gasteiger partial charge in [0.2, 0.25) is 0 Å². The zero-order valence-electron chi connectivity index (χ0n) is 17.3. The van der Waals surface area contributed by atoms with Crippen molar-refractivity contribution in [1.29, 1.82) is 0 Å². The number of H-pyrrole nitrogens is 1. The molecule has 1 heterocycles. The Kier molecular flexibility index (Phi) is 4.75. The summed E-state index contributed by atoms with van der Waals surface area (Å²) in [7, 11) is 0. The van der Waals surface area contributed by atoms with Gasteiger partial charge in [-0.1, -0.05) is 68.0 Å². The molecule has 2 aliphatic rings. The van der Waals surface area contributed by atoms with Crippen molar-refractivity contribution in [2.24, 2.45) is 0 Å². The molecule has 0 aliphatic heterocycles. The van der Waals surface area contributed by atoms with Gasteiger partial charge in [-0.3, -0.25) is 0 Å². The van der Waals surface area contributed by atoms with Crippen LogP contribution in [0, 0.1) is 6.92 Å². The van der Waals surface area contributed by atoms with Crippen molar-refractivity contribution in [2.75, 3.05) is 0 Å². The number of hydrogen-bond donors (Lipinski definition) is 1. The van der Waals surface area contributed by atoms with Gasteiger partial charge >= 0.3 is 0 Å². The molecule has 2 aliphatic carbocycles. The molecule has 0 unspecified atom stereocenters. The third-order valence-electron chi connectivity index (χ3n) is 6.71. The van der Waals surface area contributed by atoms with E-state index >= 15 is 0 Å². The molecule has 3 aromatic rings. The molecule has 1 fully saturated rings. The fourth-order valence-corrected chi connectivity index (χ4v) is 5.15. The van der Waals surface area contributed by atoms with Crippen LogP contribution in [0.5, 0.6) is 0 Å². The van der Waals surface area contributed by atoms with Gasteiger partial charge in [0.1, 0.15) is 0 Å². The van der Waals surface area contributed by atoms with E-state index in [1.807, 2.05) is 0 Å². The third kappa shape index (κ3) is 3.51. The van der Waals surface area contributed by atoms with Crippen molar-refractivity contribution >= 4 is 22.0 Å². The van der Waals surface area contributed by atoms with Crippen LogP contribution in [0.1, 0.15) is 66.8 Å². The average molecular weight is 380 g/mol. The van der Waals surface area contributed by atoms with Crippen LogP contribution in [0.4, 0.5) is 0 Å². The zero-order chi connectivity index (χ0) is 19.8. The predicted octanol–water partition coefficient (Wildman–Crippen LogP) is 7.95. The second-order valence-electron chi connectivity index (χ2n) is 8.69. The van der Waals surface area contributed by atoms with E-state index in [0.717, 1.165) is 18.8 Å². The van der Waals surface area contributed by atoms with Gasteiger partial charge in [0.05, 0.1) is 0 Å². The summed E-state index contributed by atoms with van der Waals surface area (Å²) in [5, 5.41) is 1.27. The maximum atomic E-state index is 4.47. The molecule has 0 radical (unpaired) electrons. The van der Waals surface area contributed by atoms with Gasteiger partial charge in [-0.15, -0.1) is 0 Å². The highest BCUT2D eigenvalue weighted by Crippen LogP contribution is 2.38. The van der Waals surface area contributed by atoms with Gasteiger partial charge in [0.15, 0.2) is 0 Å². The second-order valence-corrected chi connectivity index (χ2v) is 8.69. The Bertz CT molecular complexity index is 1100. The largest absolute Gasteiger partial charge is 0.355 e. The maximum Gasteiger partial charge on any atom is 0.0464 e. The molecule has 0 amide bonds. The van der Waals surface area contributed by atoms with Crippen LogP contribution in [-0.4, -0.2) is 4.98 Å². The van der Waals surface area contributed by atoms with Gasteiger partial charge in [-0.05, 0) is 84.1 Å². The molecule has 0 atom stereocenters. The van der Waals surface area contributed by atoms with E-state index in [9.17, 15) is 0 Å². The highest BCUT2D eigenvalue weighted by atomic mass is 14.7. The highest BCUT2D eigenvalue weighted by molar-refractivity contribution is 5.90. The highest BCUT2D eigenvalue weighted by Gasteiger charge is 2.19. The molecule has 1 nitrogen and oxygen atoms in total. The molecular weight excluding hydrogens is 350 g/mol.